The molecule has 21 rings (SSSR count). The third kappa shape index (κ3) is 6.58. The van der Waals surface area contributed by atoms with Gasteiger partial charge in [-0.25, -0.2) is 9.97 Å². The molecule has 9 aromatic heterocycles. The molecule has 0 N–H and O–H groups in total. The van der Waals surface area contributed by atoms with Gasteiger partial charge in [0.25, 0.3) is 0 Å². The van der Waals surface area contributed by atoms with E-state index in [4.69, 9.17) is 19.4 Å². The number of thiazole rings is 1. The fourth-order valence-corrected chi connectivity index (χ4v) is 18.7. The van der Waals surface area contributed by atoms with E-state index in [0.29, 0.717) is 6.01 Å². The molecule has 0 aliphatic heterocycles. The van der Waals surface area contributed by atoms with Crippen molar-refractivity contribution >= 4 is 204 Å². The molecule has 0 unspecified atom stereocenters. The zero-order valence-electron chi connectivity index (χ0n) is 46.6. The molecule has 0 radical (unpaired) electrons. The van der Waals surface area contributed by atoms with Gasteiger partial charge in [0.05, 0.1) is 54.4 Å². The molecule has 0 amide bonds. The molecule has 0 fully saturated rings. The second-order valence-corrected chi connectivity index (χ2v) is 27.5. The van der Waals surface area contributed by atoms with Crippen LogP contribution in [-0.2, 0) is 7.05 Å². The molecule has 0 atom stereocenters. The van der Waals surface area contributed by atoms with Gasteiger partial charge in [0.1, 0.15) is 5.52 Å². The number of hydrogen-bond acceptors (Lipinski definition) is 8. The quantitative estimate of drug-likeness (QED) is 0.172. The Bertz CT molecular complexity index is 6670. The predicted molar refractivity (Wildman–Crippen MR) is 374 cm³/mol. The maximum absolute atomic E-state index is 6.90. The van der Waals surface area contributed by atoms with Crippen LogP contribution in [0.5, 0.6) is 0 Å². The lowest BCUT2D eigenvalue weighted by atomic mass is 10.0. The van der Waals surface area contributed by atoms with E-state index in [9.17, 15) is 0 Å². The molecule has 8 nitrogen and oxygen atoms in total. The van der Waals surface area contributed by atoms with Crippen LogP contribution in [0.4, 0.5) is 0 Å². The molecule has 12 heteroatoms. The van der Waals surface area contributed by atoms with E-state index in [1.807, 2.05) is 34.0 Å². The van der Waals surface area contributed by atoms with Crippen molar-refractivity contribution in [2.24, 2.45) is 7.05 Å². The number of para-hydroxylation sites is 3. The van der Waals surface area contributed by atoms with Gasteiger partial charge >= 0.3 is 6.01 Å². The third-order valence-corrected chi connectivity index (χ3v) is 22.9. The van der Waals surface area contributed by atoms with Crippen LogP contribution in [0.2, 0.25) is 0 Å². The van der Waals surface area contributed by atoms with Gasteiger partial charge in [-0.05, 0) is 144 Å². The molecule has 0 saturated carbocycles. The number of imidazole rings is 1. The van der Waals surface area contributed by atoms with Crippen molar-refractivity contribution in [3.63, 3.8) is 0 Å². The van der Waals surface area contributed by atoms with E-state index in [-0.39, 0.29) is 0 Å². The number of oxazole rings is 1. The number of aromatic nitrogens is 7. The largest absolute Gasteiger partial charge is 0.423 e. The molecule has 0 aliphatic carbocycles. The first-order valence-corrected chi connectivity index (χ1v) is 32.6. The summed E-state index contributed by atoms with van der Waals surface area (Å²) in [5.41, 5.74) is 15.6. The van der Waals surface area contributed by atoms with Gasteiger partial charge in [-0.3, -0.25) is 13.7 Å². The van der Waals surface area contributed by atoms with Crippen LogP contribution >= 0.6 is 45.3 Å². The Morgan fingerprint density at radius 3 is 1.38 bits per heavy atom. The smallest absolute Gasteiger partial charge is 0.307 e. The Balaban J connectivity index is 0.702. The molecule has 0 bridgehead atoms. The van der Waals surface area contributed by atoms with E-state index >= 15 is 0 Å². The number of aryl methyl sites for hydroxylation is 1. The van der Waals surface area contributed by atoms with Crippen LogP contribution in [-0.4, -0.2) is 33.2 Å². The molecule has 0 spiro atoms. The van der Waals surface area contributed by atoms with Crippen molar-refractivity contribution in [3.05, 3.63) is 231 Å². The van der Waals surface area contributed by atoms with Gasteiger partial charge in [0.15, 0.2) is 10.7 Å². The Morgan fingerprint density at radius 1 is 0.284 bits per heavy atom. The maximum Gasteiger partial charge on any atom is 0.307 e. The maximum atomic E-state index is 6.90. The summed E-state index contributed by atoms with van der Waals surface area (Å²) in [5, 5.41) is 15.7. The van der Waals surface area contributed by atoms with Crippen molar-refractivity contribution < 1.29 is 4.42 Å². The SMILES string of the molecule is Cn1c(-n2c3ccc(-c4ccc5oc(-n6c7ccc(-c8ccc9sc(-n%10c%11ccccc%11c%11cc%12sc%13ccccc%13c%12cc%11%10)nc9c8)cc7c7cc8sc9ccccc9c8cc76)nc5c4)cc3c3cc4sc5ccccc5c4cc32)nc2ccccc21. The summed E-state index contributed by atoms with van der Waals surface area (Å²) in [6.07, 6.45) is 0. The summed E-state index contributed by atoms with van der Waals surface area (Å²) in [4.78, 5) is 16.1. The molecule has 12 aromatic carbocycles. The molecule has 0 aliphatic rings. The first kappa shape index (κ1) is 47.7. The fraction of sp³-hybridized carbons (Fsp3) is 0.0132. The Morgan fingerprint density at radius 2 is 0.750 bits per heavy atom. The minimum Gasteiger partial charge on any atom is -0.423 e. The normalized spacial score (nSPS) is 12.6. The van der Waals surface area contributed by atoms with E-state index in [1.54, 1.807) is 11.3 Å². The van der Waals surface area contributed by atoms with Gasteiger partial charge in [-0.15, -0.1) is 34.0 Å². The molecule has 0 saturated heterocycles. The van der Waals surface area contributed by atoms with Crippen LogP contribution in [0.15, 0.2) is 235 Å². The summed E-state index contributed by atoms with van der Waals surface area (Å²) >= 11 is 7.30. The van der Waals surface area contributed by atoms with Crippen molar-refractivity contribution in [3.8, 4) is 39.3 Å². The van der Waals surface area contributed by atoms with E-state index in [0.717, 1.165) is 104 Å². The van der Waals surface area contributed by atoms with Crippen LogP contribution in [0.25, 0.3) is 198 Å². The minimum atomic E-state index is 0.529. The average Bonchev–Trinajstić information content (AvgIpc) is 2.98. The average molecular weight is 1200 g/mol. The molecule has 9 heterocycles. The molecular formula is C76H41N7OS4. The van der Waals surface area contributed by atoms with E-state index in [1.165, 1.54) is 87.6 Å². The molecule has 88 heavy (non-hydrogen) atoms. The predicted octanol–water partition coefficient (Wildman–Crippen LogP) is 22.1. The highest BCUT2D eigenvalue weighted by molar-refractivity contribution is 7.26. The zero-order chi connectivity index (χ0) is 57.2. The lowest BCUT2D eigenvalue weighted by Gasteiger charge is -2.08. The Hall–Kier alpha value is -10.5. The first-order chi connectivity index (χ1) is 43.5. The van der Waals surface area contributed by atoms with Crippen LogP contribution < -0.4 is 0 Å². The Labute approximate surface area is 514 Å². The van der Waals surface area contributed by atoms with E-state index in [2.05, 4.69) is 256 Å². The number of benzene rings is 12. The Kier molecular flexibility index (Phi) is 9.42. The molecular weight excluding hydrogens is 1160 g/mol. The lowest BCUT2D eigenvalue weighted by molar-refractivity contribution is 0.574. The summed E-state index contributed by atoms with van der Waals surface area (Å²) in [6, 6.07) is 85.0. The first-order valence-electron chi connectivity index (χ1n) is 29.3. The van der Waals surface area contributed by atoms with E-state index < -0.39 is 0 Å². The standard InChI is InChI=1S/C76H41N7OS4/c1-80-62-18-8-6-16-56(62)77-74(80)81-60-26-22-40(30-48(60)51-38-72-53(34-63(51)81)45-13-3-9-19-67(45)86-72)42-24-28-66-57(32-42)78-75(84-66)82-61-27-23-41(31-49(61)52-39-73-54(35-64(52)82)46-14-4-10-20-68(46)87-73)43-25-29-70-58(33-43)79-76(88-70)83-59-17-7-2-12-44(59)50-37-71-55(36-65(50)83)47-15-5-11-21-69(47)85-71/h2-39H,1H3. The van der Waals surface area contributed by atoms with Crippen LogP contribution in [0, 0.1) is 0 Å². The highest BCUT2D eigenvalue weighted by Gasteiger charge is 2.24. The third-order valence-electron chi connectivity index (χ3n) is 18.5. The summed E-state index contributed by atoms with van der Waals surface area (Å²) in [6.45, 7) is 0. The second kappa shape index (κ2) is 17.4. The van der Waals surface area contributed by atoms with Crippen LogP contribution in [0.1, 0.15) is 0 Å². The summed E-state index contributed by atoms with van der Waals surface area (Å²) in [7, 11) is 2.12. The molecule has 410 valence electrons. The summed E-state index contributed by atoms with van der Waals surface area (Å²) < 4.78 is 24.9. The van der Waals surface area contributed by atoms with Crippen LogP contribution in [0.3, 0.4) is 0 Å². The number of nitrogens with zero attached hydrogens (tertiary/aromatic N) is 7. The summed E-state index contributed by atoms with van der Waals surface area (Å²) in [5.74, 6) is 0.884. The zero-order valence-corrected chi connectivity index (χ0v) is 49.9. The monoisotopic (exact) mass is 1200 g/mol. The lowest BCUT2D eigenvalue weighted by Crippen LogP contribution is -2.02. The highest BCUT2D eigenvalue weighted by atomic mass is 32.1. The number of thiophene rings is 3. The van der Waals surface area contributed by atoms with Gasteiger partial charge in [-0.2, -0.15) is 4.98 Å². The number of rotatable bonds is 5. The van der Waals surface area contributed by atoms with Gasteiger partial charge in [-0.1, -0.05) is 121 Å². The topological polar surface area (TPSA) is 71.5 Å². The number of hydrogen-bond donors (Lipinski definition) is 0. The van der Waals surface area contributed by atoms with Gasteiger partial charge in [0.2, 0.25) is 5.95 Å². The highest BCUT2D eigenvalue weighted by Crippen LogP contribution is 2.47. The second-order valence-electron chi connectivity index (χ2n) is 23.2. The van der Waals surface area contributed by atoms with Gasteiger partial charge < -0.3 is 8.98 Å². The van der Waals surface area contributed by atoms with Crippen molar-refractivity contribution in [1.29, 1.82) is 0 Å². The number of fused-ring (bicyclic) bond motifs is 21. The van der Waals surface area contributed by atoms with Crippen molar-refractivity contribution in [2.45, 2.75) is 0 Å². The van der Waals surface area contributed by atoms with Gasteiger partial charge in [0, 0.05) is 99.9 Å². The fourth-order valence-electron chi connectivity index (χ4n) is 14.4. The molecule has 21 aromatic rings. The minimum absolute atomic E-state index is 0.529. The van der Waals surface area contributed by atoms with Crippen molar-refractivity contribution in [1.82, 2.24) is 33.2 Å². The van der Waals surface area contributed by atoms with Crippen molar-refractivity contribution in [2.75, 3.05) is 0 Å².